The molecule has 0 spiro atoms. The highest BCUT2D eigenvalue weighted by Crippen LogP contribution is 2.52. The van der Waals surface area contributed by atoms with Crippen LogP contribution in [0.4, 0.5) is 0 Å². The Balaban J connectivity index is 2.47. The summed E-state index contributed by atoms with van der Waals surface area (Å²) < 4.78 is 31.1. The fourth-order valence-electron chi connectivity index (χ4n) is 4.92. The van der Waals surface area contributed by atoms with Crippen LogP contribution in [-0.4, -0.2) is 77.2 Å². The number of hydrogen-bond acceptors (Lipinski definition) is 8. The first kappa shape index (κ1) is 37.1. The Morgan fingerprint density at radius 3 is 2.05 bits per heavy atom. The van der Waals surface area contributed by atoms with Crippen molar-refractivity contribution in [1.29, 1.82) is 0 Å². The molecule has 8 nitrogen and oxygen atoms in total. The van der Waals surface area contributed by atoms with Gasteiger partial charge in [-0.15, -0.1) is 0 Å². The molecule has 0 amide bonds. The third-order valence-electron chi connectivity index (χ3n) is 10.0. The van der Waals surface area contributed by atoms with Crippen molar-refractivity contribution in [3.05, 3.63) is 35.9 Å². The van der Waals surface area contributed by atoms with E-state index < -0.39 is 51.7 Å². The van der Waals surface area contributed by atoms with Crippen molar-refractivity contribution in [2.75, 3.05) is 26.6 Å². The maximum absolute atomic E-state index is 12.2. The van der Waals surface area contributed by atoms with E-state index in [-0.39, 0.29) is 43.1 Å². The SMILES string of the molecule is CC(=O)OC[C@@]1(O)[C@@H](CO[Si](C)(C)C(C)(C)C)[C@](C)(COCOCc2ccccc2)C(O[Si](C)(C)C(C)(C)C)C[C@@H]1O. The van der Waals surface area contributed by atoms with Crippen LogP contribution >= 0.6 is 0 Å². The molecule has 1 aliphatic carbocycles. The number of benzene rings is 1. The number of ether oxygens (including phenoxy) is 3. The van der Waals surface area contributed by atoms with Gasteiger partial charge in [-0.1, -0.05) is 78.8 Å². The van der Waals surface area contributed by atoms with Gasteiger partial charge < -0.3 is 33.3 Å². The van der Waals surface area contributed by atoms with Crippen molar-refractivity contribution in [1.82, 2.24) is 0 Å². The summed E-state index contributed by atoms with van der Waals surface area (Å²) in [6, 6.07) is 9.89. The van der Waals surface area contributed by atoms with Crippen LogP contribution in [0.25, 0.3) is 0 Å². The van der Waals surface area contributed by atoms with Gasteiger partial charge in [-0.25, -0.2) is 0 Å². The van der Waals surface area contributed by atoms with Crippen molar-refractivity contribution in [2.24, 2.45) is 11.3 Å². The molecular weight excluding hydrogens is 569 g/mol. The van der Waals surface area contributed by atoms with Gasteiger partial charge in [0.15, 0.2) is 16.6 Å². The van der Waals surface area contributed by atoms with Gasteiger partial charge in [0.05, 0.1) is 25.4 Å². The quantitative estimate of drug-likeness (QED) is 0.114. The van der Waals surface area contributed by atoms with E-state index in [0.29, 0.717) is 6.61 Å². The highest BCUT2D eigenvalue weighted by Gasteiger charge is 2.62. The number of aliphatic hydroxyl groups is 2. The lowest BCUT2D eigenvalue weighted by Crippen LogP contribution is -2.69. The lowest BCUT2D eigenvalue weighted by Gasteiger charge is -2.58. The second-order valence-corrected chi connectivity index (χ2v) is 24.9. The second kappa shape index (κ2) is 13.9. The molecule has 10 heteroatoms. The maximum atomic E-state index is 12.2. The third-order valence-corrected chi connectivity index (χ3v) is 19.0. The summed E-state index contributed by atoms with van der Waals surface area (Å²) in [4.78, 5) is 11.9. The number of hydrogen-bond donors (Lipinski definition) is 2. The highest BCUT2D eigenvalue weighted by atomic mass is 28.4. The van der Waals surface area contributed by atoms with Gasteiger partial charge in [0, 0.05) is 31.3 Å². The third kappa shape index (κ3) is 8.97. The summed E-state index contributed by atoms with van der Waals surface area (Å²) in [5, 5.41) is 23.6. The van der Waals surface area contributed by atoms with Crippen LogP contribution in [0.5, 0.6) is 0 Å². The number of carbonyl (C=O) groups excluding carboxylic acids is 1. The average Bonchev–Trinajstić information content (AvgIpc) is 2.85. The molecule has 42 heavy (non-hydrogen) atoms. The van der Waals surface area contributed by atoms with E-state index >= 15 is 0 Å². The first-order valence-electron chi connectivity index (χ1n) is 15.1. The molecule has 0 heterocycles. The standard InChI is InChI=1S/C32H58O8Si2/c1-24(33)38-22-32(35)26(20-39-41(9,10)29(2,3)4)31(8,21-37-23-36-19-25-16-14-13-15-17-25)28(18-27(32)34)40-42(11,12)30(5,6)7/h13-17,26-28,34-35H,18-23H2,1-12H3/t26-,27-,28?,31-,32+/m0/s1. The molecule has 1 aromatic rings. The molecule has 2 N–H and O–H groups in total. The van der Waals surface area contributed by atoms with E-state index in [9.17, 15) is 15.0 Å². The van der Waals surface area contributed by atoms with Crippen molar-refractivity contribution in [3.8, 4) is 0 Å². The zero-order valence-corrected chi connectivity index (χ0v) is 30.2. The maximum Gasteiger partial charge on any atom is 0.302 e. The first-order valence-corrected chi connectivity index (χ1v) is 20.9. The Hall–Kier alpha value is -1.12. The van der Waals surface area contributed by atoms with Crippen LogP contribution in [0.3, 0.4) is 0 Å². The molecule has 1 aliphatic rings. The van der Waals surface area contributed by atoms with Crippen molar-refractivity contribution in [2.45, 2.75) is 122 Å². The summed E-state index contributed by atoms with van der Waals surface area (Å²) in [5.74, 6) is -1.18. The van der Waals surface area contributed by atoms with Crippen LogP contribution in [0.15, 0.2) is 30.3 Å². The molecule has 0 saturated heterocycles. The normalized spacial score (nSPS) is 27.6. The van der Waals surface area contributed by atoms with Gasteiger partial charge in [-0.3, -0.25) is 4.79 Å². The molecule has 2 rings (SSSR count). The minimum Gasteiger partial charge on any atom is -0.463 e. The molecule has 0 radical (unpaired) electrons. The molecule has 0 aliphatic heterocycles. The van der Waals surface area contributed by atoms with Gasteiger partial charge in [0.25, 0.3) is 0 Å². The van der Waals surface area contributed by atoms with E-state index in [2.05, 4.69) is 67.7 Å². The second-order valence-electron chi connectivity index (χ2n) is 15.3. The molecular formula is C32H58O8Si2. The average molecular weight is 627 g/mol. The van der Waals surface area contributed by atoms with E-state index in [1.54, 1.807) is 0 Å². The highest BCUT2D eigenvalue weighted by molar-refractivity contribution is 6.74. The van der Waals surface area contributed by atoms with Crippen LogP contribution in [0, 0.1) is 11.3 Å². The minimum atomic E-state index is -2.31. The number of aliphatic hydroxyl groups excluding tert-OH is 1. The number of rotatable bonds is 13. The van der Waals surface area contributed by atoms with Gasteiger partial charge in [-0.2, -0.15) is 0 Å². The number of esters is 1. The summed E-state index contributed by atoms with van der Waals surface area (Å²) in [5.41, 5.74) is -1.52. The van der Waals surface area contributed by atoms with Gasteiger partial charge in [-0.05, 0) is 41.8 Å². The topological polar surface area (TPSA) is 104 Å². The Morgan fingerprint density at radius 2 is 1.52 bits per heavy atom. The molecule has 1 fully saturated rings. The fourth-order valence-corrected chi connectivity index (χ4v) is 7.37. The summed E-state index contributed by atoms with van der Waals surface area (Å²) >= 11 is 0. The molecule has 242 valence electrons. The minimum absolute atomic E-state index is 0.0536. The Labute approximate surface area is 256 Å². The van der Waals surface area contributed by atoms with E-state index in [4.69, 9.17) is 23.1 Å². The lowest BCUT2D eigenvalue weighted by atomic mass is 9.58. The molecule has 0 aromatic heterocycles. The predicted octanol–water partition coefficient (Wildman–Crippen LogP) is 6.27. The van der Waals surface area contributed by atoms with Gasteiger partial charge >= 0.3 is 5.97 Å². The van der Waals surface area contributed by atoms with E-state index in [1.807, 2.05) is 37.3 Å². The van der Waals surface area contributed by atoms with E-state index in [1.165, 1.54) is 6.92 Å². The molecule has 1 aromatic carbocycles. The molecule has 0 bridgehead atoms. The zero-order chi connectivity index (χ0) is 32.2. The monoisotopic (exact) mass is 626 g/mol. The Kier molecular flexibility index (Phi) is 12.3. The summed E-state index contributed by atoms with van der Waals surface area (Å²) in [6.45, 7) is 25.5. The molecule has 1 unspecified atom stereocenters. The lowest BCUT2D eigenvalue weighted by molar-refractivity contribution is -0.250. The summed E-state index contributed by atoms with van der Waals surface area (Å²) in [6.07, 6.45) is -1.46. The zero-order valence-electron chi connectivity index (χ0n) is 28.2. The van der Waals surface area contributed by atoms with Crippen LogP contribution in [-0.2, 0) is 34.5 Å². The van der Waals surface area contributed by atoms with Crippen molar-refractivity contribution >= 4 is 22.6 Å². The van der Waals surface area contributed by atoms with Gasteiger partial charge in [0.2, 0.25) is 0 Å². The molecule has 1 saturated carbocycles. The Morgan fingerprint density at radius 1 is 0.952 bits per heavy atom. The first-order chi connectivity index (χ1) is 19.1. The van der Waals surface area contributed by atoms with Crippen molar-refractivity contribution in [3.63, 3.8) is 0 Å². The Bertz CT molecular complexity index is 1000. The number of carbonyl (C=O) groups is 1. The largest absolute Gasteiger partial charge is 0.463 e. The van der Waals surface area contributed by atoms with Crippen LogP contribution < -0.4 is 0 Å². The smallest absolute Gasteiger partial charge is 0.302 e. The predicted molar refractivity (Wildman–Crippen MR) is 171 cm³/mol. The van der Waals surface area contributed by atoms with E-state index in [0.717, 1.165) is 5.56 Å². The van der Waals surface area contributed by atoms with Crippen LogP contribution in [0.1, 0.15) is 67.4 Å². The summed E-state index contributed by atoms with van der Waals surface area (Å²) in [7, 11) is -4.57. The molecule has 5 atom stereocenters. The fraction of sp³-hybridized carbons (Fsp3) is 0.781. The van der Waals surface area contributed by atoms with Crippen LogP contribution in [0.2, 0.25) is 36.3 Å². The van der Waals surface area contributed by atoms with Crippen molar-refractivity contribution < 1.29 is 38.1 Å². The van der Waals surface area contributed by atoms with Gasteiger partial charge in [0.1, 0.15) is 19.0 Å².